The van der Waals surface area contributed by atoms with Crippen molar-refractivity contribution < 1.29 is 22.7 Å². The van der Waals surface area contributed by atoms with Crippen LogP contribution in [-0.2, 0) is 26.1 Å². The Morgan fingerprint density at radius 1 is 1.29 bits per heavy atom. The minimum absolute atomic E-state index is 0.0847. The molecule has 0 saturated carbocycles. The zero-order chi connectivity index (χ0) is 17.6. The Balaban J connectivity index is 2.00. The van der Waals surface area contributed by atoms with E-state index in [0.717, 1.165) is 9.87 Å². The van der Waals surface area contributed by atoms with Crippen molar-refractivity contribution in [2.45, 2.75) is 26.5 Å². The molecule has 0 saturated heterocycles. The third kappa shape index (κ3) is 5.07. The van der Waals surface area contributed by atoms with Crippen LogP contribution in [0.3, 0.4) is 0 Å². The Hall–Kier alpha value is -1.86. The van der Waals surface area contributed by atoms with Gasteiger partial charge in [0.2, 0.25) is 10.0 Å². The van der Waals surface area contributed by atoms with Crippen LogP contribution in [0.1, 0.15) is 19.4 Å². The van der Waals surface area contributed by atoms with Gasteiger partial charge in [-0.05, 0) is 11.5 Å². The van der Waals surface area contributed by atoms with Gasteiger partial charge >= 0.3 is 6.09 Å². The van der Waals surface area contributed by atoms with E-state index in [1.165, 1.54) is 6.08 Å². The van der Waals surface area contributed by atoms with Crippen LogP contribution in [0, 0.1) is 5.92 Å². The minimum atomic E-state index is -3.72. The maximum Gasteiger partial charge on any atom is 0.424 e. The van der Waals surface area contributed by atoms with Gasteiger partial charge in [-0.3, -0.25) is 0 Å². The summed E-state index contributed by atoms with van der Waals surface area (Å²) in [5.74, 6) is -0.0799. The number of hydrogen-bond acceptors (Lipinski definition) is 5. The van der Waals surface area contributed by atoms with E-state index in [2.05, 4.69) is 0 Å². The Kier molecular flexibility index (Phi) is 6.39. The lowest BCUT2D eigenvalue weighted by Gasteiger charge is -2.30. The van der Waals surface area contributed by atoms with Crippen LogP contribution >= 0.6 is 0 Å². The number of sulfonamides is 1. The topological polar surface area (TPSA) is 72.9 Å². The van der Waals surface area contributed by atoms with Gasteiger partial charge < -0.3 is 9.47 Å². The van der Waals surface area contributed by atoms with Gasteiger partial charge in [-0.15, -0.1) is 0 Å². The van der Waals surface area contributed by atoms with Gasteiger partial charge in [0.1, 0.15) is 0 Å². The van der Waals surface area contributed by atoms with E-state index in [0.29, 0.717) is 6.61 Å². The van der Waals surface area contributed by atoms with E-state index in [4.69, 9.17) is 9.47 Å². The minimum Gasteiger partial charge on any atom is -0.448 e. The average Bonchev–Trinajstić information content (AvgIpc) is 2.53. The van der Waals surface area contributed by atoms with Crippen LogP contribution in [-0.4, -0.2) is 43.8 Å². The molecule has 0 N–H and O–H groups in total. The predicted molar refractivity (Wildman–Crippen MR) is 90.8 cm³/mol. The predicted octanol–water partition coefficient (Wildman–Crippen LogP) is 2.57. The zero-order valence-electron chi connectivity index (χ0n) is 13.9. The van der Waals surface area contributed by atoms with Gasteiger partial charge in [-0.2, -0.15) is 4.31 Å². The summed E-state index contributed by atoms with van der Waals surface area (Å²) in [6.07, 6.45) is 2.36. The smallest absolute Gasteiger partial charge is 0.424 e. The molecule has 0 spiro atoms. The number of benzene rings is 1. The monoisotopic (exact) mass is 353 g/mol. The number of ether oxygens (including phenoxy) is 2. The fraction of sp³-hybridized carbons (Fsp3) is 0.471. The number of carbonyl (C=O) groups is 1. The molecule has 132 valence electrons. The molecule has 1 aromatic rings. The first-order valence-electron chi connectivity index (χ1n) is 7.87. The molecule has 0 radical (unpaired) electrons. The second-order valence-electron chi connectivity index (χ2n) is 6.04. The van der Waals surface area contributed by atoms with Crippen LogP contribution in [0.2, 0.25) is 0 Å². The fourth-order valence-electron chi connectivity index (χ4n) is 2.24. The van der Waals surface area contributed by atoms with Crippen molar-refractivity contribution in [3.63, 3.8) is 0 Å². The Bertz CT molecular complexity index is 669. The first kappa shape index (κ1) is 18.5. The number of hydrogen-bond donors (Lipinski definition) is 0. The first-order valence-corrected chi connectivity index (χ1v) is 9.48. The SMILES string of the molecule is CC(C)COC(=O)N1[C@H](COCc2ccccc2)C=CCS1(=O)=O. The van der Waals surface area contributed by atoms with Gasteiger partial charge in [0.25, 0.3) is 0 Å². The molecule has 24 heavy (non-hydrogen) atoms. The largest absolute Gasteiger partial charge is 0.448 e. The van der Waals surface area contributed by atoms with Gasteiger partial charge in [0, 0.05) is 0 Å². The van der Waals surface area contributed by atoms with Gasteiger partial charge in [0.05, 0.1) is 31.6 Å². The Morgan fingerprint density at radius 3 is 2.67 bits per heavy atom. The average molecular weight is 353 g/mol. The van der Waals surface area contributed by atoms with Crippen molar-refractivity contribution in [2.75, 3.05) is 19.0 Å². The van der Waals surface area contributed by atoms with Crippen molar-refractivity contribution in [1.29, 1.82) is 0 Å². The van der Waals surface area contributed by atoms with Gasteiger partial charge in [0.15, 0.2) is 0 Å². The summed E-state index contributed by atoms with van der Waals surface area (Å²) in [4.78, 5) is 12.2. The maximum absolute atomic E-state index is 12.2. The molecule has 2 rings (SSSR count). The standard InChI is InChI=1S/C17H23NO5S/c1-14(2)11-23-17(19)18-16(9-6-10-24(18,20)21)13-22-12-15-7-4-3-5-8-15/h3-9,14,16H,10-13H2,1-2H3/t16-/m0/s1. The molecule has 1 atom stereocenters. The molecule has 0 fully saturated rings. The van der Waals surface area contributed by atoms with Gasteiger partial charge in [-0.25, -0.2) is 13.2 Å². The first-order chi connectivity index (χ1) is 11.4. The second kappa shape index (κ2) is 8.30. The fourth-order valence-corrected chi connectivity index (χ4v) is 3.58. The summed E-state index contributed by atoms with van der Waals surface area (Å²) in [6.45, 7) is 4.38. The van der Waals surface area contributed by atoms with Crippen molar-refractivity contribution in [1.82, 2.24) is 4.31 Å². The lowest BCUT2D eigenvalue weighted by Crippen LogP contribution is -2.49. The van der Waals surface area contributed by atoms with Crippen molar-refractivity contribution in [2.24, 2.45) is 5.92 Å². The highest BCUT2D eigenvalue weighted by Gasteiger charge is 2.36. The van der Waals surface area contributed by atoms with Crippen LogP contribution in [0.4, 0.5) is 4.79 Å². The van der Waals surface area contributed by atoms with E-state index in [1.807, 2.05) is 44.2 Å². The lowest BCUT2D eigenvalue weighted by atomic mass is 10.2. The molecule has 1 aliphatic heterocycles. The molecule has 7 heteroatoms. The number of amides is 1. The molecule has 1 aliphatic rings. The normalized spacial score (nSPS) is 19.5. The molecule has 0 bridgehead atoms. The highest BCUT2D eigenvalue weighted by Crippen LogP contribution is 2.18. The summed E-state index contributed by atoms with van der Waals surface area (Å²) < 4.78 is 35.9. The van der Waals surface area contributed by atoms with Crippen LogP contribution < -0.4 is 0 Å². The van der Waals surface area contributed by atoms with Crippen molar-refractivity contribution in [3.05, 3.63) is 48.0 Å². The quantitative estimate of drug-likeness (QED) is 0.735. The third-order valence-electron chi connectivity index (χ3n) is 3.39. The zero-order valence-corrected chi connectivity index (χ0v) is 14.7. The number of rotatable bonds is 6. The summed E-state index contributed by atoms with van der Waals surface area (Å²) in [5.41, 5.74) is 0.981. The van der Waals surface area contributed by atoms with Gasteiger partial charge in [-0.1, -0.05) is 56.3 Å². The van der Waals surface area contributed by atoms with E-state index in [9.17, 15) is 13.2 Å². The molecule has 1 aromatic carbocycles. The van der Waals surface area contributed by atoms with Crippen LogP contribution in [0.15, 0.2) is 42.5 Å². The summed E-state index contributed by atoms with van der Waals surface area (Å²) >= 11 is 0. The molecule has 6 nitrogen and oxygen atoms in total. The number of nitrogens with zero attached hydrogens (tertiary/aromatic N) is 1. The summed E-state index contributed by atoms with van der Waals surface area (Å²) in [7, 11) is -3.72. The summed E-state index contributed by atoms with van der Waals surface area (Å²) in [5, 5.41) is 0. The van der Waals surface area contributed by atoms with Crippen LogP contribution in [0.25, 0.3) is 0 Å². The highest BCUT2D eigenvalue weighted by atomic mass is 32.2. The molecule has 0 unspecified atom stereocenters. The Morgan fingerprint density at radius 2 is 2.00 bits per heavy atom. The van der Waals surface area contributed by atoms with E-state index in [-0.39, 0.29) is 24.9 Å². The molecule has 0 aliphatic carbocycles. The van der Waals surface area contributed by atoms with E-state index in [1.54, 1.807) is 6.08 Å². The third-order valence-corrected chi connectivity index (χ3v) is 5.02. The molecular weight excluding hydrogens is 330 g/mol. The van der Waals surface area contributed by atoms with Crippen molar-refractivity contribution >= 4 is 16.1 Å². The van der Waals surface area contributed by atoms with E-state index < -0.39 is 22.2 Å². The maximum atomic E-state index is 12.2. The lowest BCUT2D eigenvalue weighted by molar-refractivity contribution is 0.0714. The Labute approximate surface area is 143 Å². The number of carbonyl (C=O) groups excluding carboxylic acids is 1. The molecule has 0 aromatic heterocycles. The second-order valence-corrected chi connectivity index (χ2v) is 7.93. The molecular formula is C17H23NO5S. The highest BCUT2D eigenvalue weighted by molar-refractivity contribution is 7.89. The molecule has 1 heterocycles. The molecule has 1 amide bonds. The summed E-state index contributed by atoms with van der Waals surface area (Å²) in [6, 6.07) is 8.86. The van der Waals surface area contributed by atoms with E-state index >= 15 is 0 Å². The van der Waals surface area contributed by atoms with Crippen molar-refractivity contribution in [3.8, 4) is 0 Å². The van der Waals surface area contributed by atoms with Crippen LogP contribution in [0.5, 0.6) is 0 Å².